The molecule has 17 heteroatoms. The molecule has 188 valence electrons. The predicted molar refractivity (Wildman–Crippen MR) is 108 cm³/mol. The van der Waals surface area contributed by atoms with Crippen molar-refractivity contribution in [3.05, 3.63) is 36.4 Å². The van der Waals surface area contributed by atoms with E-state index in [9.17, 15) is 36.0 Å². The number of ether oxygens (including phenoxy) is 1. The van der Waals surface area contributed by atoms with Crippen LogP contribution >= 0.6 is 0 Å². The number of hydroxylamine groups is 2. The van der Waals surface area contributed by atoms with Crippen molar-refractivity contribution < 1.29 is 40.7 Å². The number of carbonyl (C=O) groups excluding carboxylic acids is 1. The molecule has 0 fully saturated rings. The number of alkyl halides is 3. The van der Waals surface area contributed by atoms with Crippen LogP contribution in [0.3, 0.4) is 0 Å². The van der Waals surface area contributed by atoms with Crippen molar-refractivity contribution in [2.24, 2.45) is 0 Å². The number of nitrogens with zero attached hydrogens (tertiary/aromatic N) is 5. The molecule has 0 spiro atoms. The molecule has 0 aliphatic rings. The molecular formula is C17H21F4N7O5S. The molecule has 2 aromatic heterocycles. The van der Waals surface area contributed by atoms with Crippen LogP contribution < -0.4 is 14.8 Å². The van der Waals surface area contributed by atoms with Crippen LogP contribution in [-0.4, -0.2) is 82.7 Å². The first-order valence-electron chi connectivity index (χ1n) is 9.59. The third kappa shape index (κ3) is 10.2. The first-order valence-corrected chi connectivity index (χ1v) is 11.2. The van der Waals surface area contributed by atoms with E-state index in [4.69, 9.17) is 0 Å². The van der Waals surface area contributed by atoms with Crippen LogP contribution in [0, 0.1) is 5.82 Å². The van der Waals surface area contributed by atoms with Gasteiger partial charge in [-0.15, -0.1) is 0 Å². The van der Waals surface area contributed by atoms with Crippen LogP contribution in [0.15, 0.2) is 24.8 Å². The molecule has 0 aromatic carbocycles. The van der Waals surface area contributed by atoms with Crippen LogP contribution in [0.1, 0.15) is 12.2 Å². The summed E-state index contributed by atoms with van der Waals surface area (Å²) in [5, 5.41) is 12.6. The summed E-state index contributed by atoms with van der Waals surface area (Å²) in [5.74, 6) is -1.24. The lowest BCUT2D eigenvalue weighted by Crippen LogP contribution is -2.42. The zero-order valence-electron chi connectivity index (χ0n) is 17.4. The second-order valence-electron chi connectivity index (χ2n) is 6.74. The lowest BCUT2D eigenvalue weighted by atomic mass is 10.2. The summed E-state index contributed by atoms with van der Waals surface area (Å²) in [6.07, 6.45) is -0.458. The van der Waals surface area contributed by atoms with Gasteiger partial charge in [-0.05, 0) is 6.42 Å². The number of hydrogen-bond donors (Lipinski definition) is 3. The van der Waals surface area contributed by atoms with Crippen molar-refractivity contribution >= 4 is 22.4 Å². The predicted octanol–water partition coefficient (Wildman–Crippen LogP) is 0.527. The Morgan fingerprint density at radius 3 is 2.35 bits per heavy atom. The molecule has 1 unspecified atom stereocenters. The molecule has 0 aliphatic carbocycles. The van der Waals surface area contributed by atoms with Crippen LogP contribution in [-0.2, 0) is 21.2 Å². The molecule has 3 N–H and O–H groups in total. The largest absolute Gasteiger partial charge is 0.481 e. The molecule has 0 saturated heterocycles. The van der Waals surface area contributed by atoms with Crippen molar-refractivity contribution in [2.75, 3.05) is 30.8 Å². The summed E-state index contributed by atoms with van der Waals surface area (Å²) >= 11 is 0. The van der Waals surface area contributed by atoms with E-state index < -0.39 is 40.4 Å². The smallest absolute Gasteiger partial charge is 0.422 e. The van der Waals surface area contributed by atoms with Crippen LogP contribution in [0.2, 0.25) is 0 Å². The van der Waals surface area contributed by atoms with Gasteiger partial charge in [-0.3, -0.25) is 10.0 Å². The molecular weight excluding hydrogens is 490 g/mol. The fourth-order valence-electron chi connectivity index (χ4n) is 2.48. The van der Waals surface area contributed by atoms with Gasteiger partial charge in [-0.1, -0.05) is 0 Å². The van der Waals surface area contributed by atoms with E-state index in [1.165, 1.54) is 0 Å². The van der Waals surface area contributed by atoms with Crippen molar-refractivity contribution in [3.8, 4) is 5.75 Å². The molecule has 2 heterocycles. The molecule has 1 atom stereocenters. The van der Waals surface area contributed by atoms with E-state index in [1.807, 2.05) is 0 Å². The lowest BCUT2D eigenvalue weighted by Gasteiger charge is -2.22. The number of nitrogens with one attached hydrogen (secondary N) is 2. The van der Waals surface area contributed by atoms with E-state index in [0.717, 1.165) is 24.8 Å². The van der Waals surface area contributed by atoms with Gasteiger partial charge in [0.1, 0.15) is 5.82 Å². The number of anilines is 1. The minimum Gasteiger partial charge on any atom is -0.481 e. The maximum Gasteiger partial charge on any atom is 0.422 e. The number of aromatic nitrogens is 4. The van der Waals surface area contributed by atoms with Gasteiger partial charge in [0.05, 0.1) is 36.6 Å². The van der Waals surface area contributed by atoms with E-state index in [-0.39, 0.29) is 54.9 Å². The van der Waals surface area contributed by atoms with E-state index >= 15 is 0 Å². The summed E-state index contributed by atoms with van der Waals surface area (Å²) in [7, 11) is -3.95. The van der Waals surface area contributed by atoms with Gasteiger partial charge < -0.3 is 10.1 Å². The second-order valence-corrected chi connectivity index (χ2v) is 8.60. The lowest BCUT2D eigenvalue weighted by molar-refractivity contribution is -0.158. The van der Waals surface area contributed by atoms with Crippen LogP contribution in [0.25, 0.3) is 0 Å². The van der Waals surface area contributed by atoms with Crippen molar-refractivity contribution in [3.63, 3.8) is 0 Å². The van der Waals surface area contributed by atoms with Gasteiger partial charge in [-0.25, -0.2) is 42.5 Å². The fourth-order valence-corrected chi connectivity index (χ4v) is 3.84. The number of carbonyl (C=O) groups is 1. The Morgan fingerprint density at radius 2 is 1.76 bits per heavy atom. The summed E-state index contributed by atoms with van der Waals surface area (Å²) in [6, 6.07) is -1.12. The number of halogens is 4. The number of sulfonamides is 1. The average Bonchev–Trinajstić information content (AvgIpc) is 2.79. The van der Waals surface area contributed by atoms with Crippen molar-refractivity contribution in [2.45, 2.75) is 25.1 Å². The highest BCUT2D eigenvalue weighted by Crippen LogP contribution is 2.17. The summed E-state index contributed by atoms with van der Waals surface area (Å²) in [6.45, 7) is -1.59. The third-order valence-corrected chi connectivity index (χ3v) is 5.50. The Hall–Kier alpha value is -3.18. The third-order valence-electron chi connectivity index (χ3n) is 4.03. The monoisotopic (exact) mass is 511 g/mol. The molecule has 0 aliphatic heterocycles. The molecule has 12 nitrogen and oxygen atoms in total. The van der Waals surface area contributed by atoms with Gasteiger partial charge in [0.2, 0.25) is 22.4 Å². The molecule has 0 saturated carbocycles. The van der Waals surface area contributed by atoms with E-state index in [0.29, 0.717) is 0 Å². The Kier molecular flexibility index (Phi) is 9.82. The van der Waals surface area contributed by atoms with Crippen molar-refractivity contribution in [1.29, 1.82) is 0 Å². The molecule has 2 aromatic rings. The van der Waals surface area contributed by atoms with Crippen LogP contribution in [0.5, 0.6) is 5.75 Å². The molecule has 0 bridgehead atoms. The number of aryl methyl sites for hydroxylation is 1. The molecule has 1 amide bonds. The highest BCUT2D eigenvalue weighted by Gasteiger charge is 2.28. The summed E-state index contributed by atoms with van der Waals surface area (Å²) in [4.78, 5) is 25.9. The maximum atomic E-state index is 12.9. The summed E-state index contributed by atoms with van der Waals surface area (Å²) < 4.78 is 80.6. The standard InChI is InChI=1S/C17H21F4N7O5S/c18-12-5-23-15(24-6-12)2-1-13(28(30)11-29)9-34(31,32)27-4-3-22-16-25-7-14(8-26-16)33-10-17(19,20)21/h5-8,11,13,27,30H,1-4,9-10H2,(H,22,25,26). The molecule has 34 heavy (non-hydrogen) atoms. The molecule has 2 rings (SSSR count). The average molecular weight is 511 g/mol. The fraction of sp³-hybridized carbons (Fsp3) is 0.471. The first-order chi connectivity index (χ1) is 16.0. The normalized spacial score (nSPS) is 12.7. The Bertz CT molecular complexity index is 1010. The first kappa shape index (κ1) is 27.1. The van der Waals surface area contributed by atoms with Gasteiger partial charge in [0.15, 0.2) is 18.2 Å². The Labute approximate surface area is 191 Å². The quantitative estimate of drug-likeness (QED) is 0.107. The molecule has 0 radical (unpaired) electrons. The minimum absolute atomic E-state index is 0.0172. The van der Waals surface area contributed by atoms with E-state index in [2.05, 4.69) is 34.7 Å². The number of amides is 1. The van der Waals surface area contributed by atoms with Crippen molar-refractivity contribution in [1.82, 2.24) is 29.7 Å². The van der Waals surface area contributed by atoms with Gasteiger partial charge in [0, 0.05) is 19.5 Å². The Balaban J connectivity index is 1.79. The second kappa shape index (κ2) is 12.3. The van der Waals surface area contributed by atoms with Crippen LogP contribution in [0.4, 0.5) is 23.5 Å². The topological polar surface area (TPSA) is 160 Å². The SMILES string of the molecule is O=CN(O)C(CCc1ncc(F)cn1)CS(=O)(=O)NCCNc1ncc(OCC(F)(F)F)cn1. The zero-order valence-corrected chi connectivity index (χ0v) is 18.3. The van der Waals surface area contributed by atoms with Gasteiger partial charge in [-0.2, -0.15) is 13.2 Å². The number of rotatable bonds is 14. The van der Waals surface area contributed by atoms with Gasteiger partial charge in [0.25, 0.3) is 0 Å². The highest BCUT2D eigenvalue weighted by atomic mass is 32.2. The maximum absolute atomic E-state index is 12.9. The zero-order chi connectivity index (χ0) is 25.2. The number of hydrogen-bond acceptors (Lipinski definition) is 10. The van der Waals surface area contributed by atoms with Gasteiger partial charge >= 0.3 is 6.18 Å². The Morgan fingerprint density at radius 1 is 1.12 bits per heavy atom. The highest BCUT2D eigenvalue weighted by molar-refractivity contribution is 7.89. The summed E-state index contributed by atoms with van der Waals surface area (Å²) in [5.41, 5.74) is 0. The van der Waals surface area contributed by atoms with E-state index in [1.54, 1.807) is 0 Å². The minimum atomic E-state index is -4.50.